The van der Waals surface area contributed by atoms with Crippen LogP contribution in [0.25, 0.3) is 0 Å². The molecule has 1 aliphatic heterocycles. The van der Waals surface area contributed by atoms with E-state index >= 15 is 4.39 Å². The molecule has 0 bridgehead atoms. The summed E-state index contributed by atoms with van der Waals surface area (Å²) in [6.07, 6.45) is -2.51. The molecule has 0 aliphatic carbocycles. The number of hydrogen-bond donors (Lipinski definition) is 1. The summed E-state index contributed by atoms with van der Waals surface area (Å²) < 4.78 is 34.6. The van der Waals surface area contributed by atoms with Gasteiger partial charge in [-0.1, -0.05) is 48.0 Å². The second-order valence-corrected chi connectivity index (χ2v) is 8.61. The van der Waals surface area contributed by atoms with Crippen molar-refractivity contribution in [3.05, 3.63) is 89.5 Å². The van der Waals surface area contributed by atoms with E-state index in [1.807, 2.05) is 0 Å². The van der Waals surface area contributed by atoms with Gasteiger partial charge in [0.1, 0.15) is 23.6 Å². The Morgan fingerprint density at radius 2 is 1.69 bits per heavy atom. The molecule has 0 saturated carbocycles. The van der Waals surface area contributed by atoms with Crippen molar-refractivity contribution in [3.8, 4) is 0 Å². The van der Waals surface area contributed by atoms with Crippen molar-refractivity contribution in [1.82, 2.24) is 9.55 Å². The van der Waals surface area contributed by atoms with Crippen LogP contribution in [0, 0.1) is 12.3 Å². The van der Waals surface area contributed by atoms with E-state index in [1.165, 1.54) is 17.8 Å². The van der Waals surface area contributed by atoms with Crippen LogP contribution >= 0.6 is 11.6 Å². The fourth-order valence-electron chi connectivity index (χ4n) is 3.98. The number of nitrogens with one attached hydrogen (secondary N) is 1. The van der Waals surface area contributed by atoms with Crippen LogP contribution in [0.5, 0.6) is 0 Å². The maximum absolute atomic E-state index is 16.3. The summed E-state index contributed by atoms with van der Waals surface area (Å²) in [4.78, 5) is 29.3. The molecule has 0 radical (unpaired) electrons. The lowest BCUT2D eigenvalue weighted by atomic mass is 9.97. The third kappa shape index (κ3) is 4.96. The van der Waals surface area contributed by atoms with Crippen molar-refractivity contribution >= 4 is 28.7 Å². The predicted octanol–water partition coefficient (Wildman–Crippen LogP) is 4.46. The van der Waals surface area contributed by atoms with Gasteiger partial charge in [0.05, 0.1) is 17.5 Å². The van der Waals surface area contributed by atoms with Gasteiger partial charge in [0.15, 0.2) is 18.0 Å². The van der Waals surface area contributed by atoms with E-state index in [0.29, 0.717) is 11.3 Å². The molecule has 0 spiro atoms. The van der Waals surface area contributed by atoms with Gasteiger partial charge in [-0.05, 0) is 38.1 Å². The molecule has 1 fully saturated rings. The molecule has 2 heterocycles. The standard InChI is InChI=1S/C25H23ClFN3O5/c1-15-19(21(26)28)29-14-30(15)24-25(2,27)20(35-23(32)17-11-7-4-8-12-17)18(34-24)13-33-22(31)16-9-5-3-6-10-16/h3-12,14,18,20,24,28H,13H2,1-2H3/t18-,20-,24-,25-/m1/s1. The predicted molar refractivity (Wildman–Crippen MR) is 125 cm³/mol. The molecule has 4 rings (SSSR count). The molecule has 1 saturated heterocycles. The number of halogens is 2. The number of esters is 2. The number of nitrogens with zero attached hydrogens (tertiary/aromatic N) is 2. The monoisotopic (exact) mass is 499 g/mol. The molecule has 0 unspecified atom stereocenters. The number of hydrogen-bond acceptors (Lipinski definition) is 7. The molecule has 0 amide bonds. The number of aromatic nitrogens is 2. The number of carbonyl (C=O) groups is 2. The van der Waals surface area contributed by atoms with Gasteiger partial charge < -0.3 is 18.8 Å². The Morgan fingerprint density at radius 1 is 1.11 bits per heavy atom. The maximum atomic E-state index is 16.3. The highest BCUT2D eigenvalue weighted by Gasteiger charge is 2.58. The highest BCUT2D eigenvalue weighted by molar-refractivity contribution is 6.68. The van der Waals surface area contributed by atoms with E-state index in [1.54, 1.807) is 67.6 Å². The summed E-state index contributed by atoms with van der Waals surface area (Å²) in [5.41, 5.74) is -1.12. The zero-order valence-corrected chi connectivity index (χ0v) is 19.7. The topological polar surface area (TPSA) is 104 Å². The molecule has 35 heavy (non-hydrogen) atoms. The van der Waals surface area contributed by atoms with Crippen molar-refractivity contribution in [2.24, 2.45) is 0 Å². The van der Waals surface area contributed by atoms with Crippen molar-refractivity contribution in [3.63, 3.8) is 0 Å². The maximum Gasteiger partial charge on any atom is 0.338 e. The second kappa shape index (κ2) is 9.97. The number of ether oxygens (including phenoxy) is 3. The zero-order chi connectivity index (χ0) is 25.2. The molecule has 1 aromatic heterocycles. The Kier molecular flexibility index (Phi) is 7.00. The van der Waals surface area contributed by atoms with Crippen molar-refractivity contribution in [1.29, 1.82) is 5.41 Å². The van der Waals surface area contributed by atoms with Crippen LogP contribution in [0.4, 0.5) is 4.39 Å². The van der Waals surface area contributed by atoms with Gasteiger partial charge in [0, 0.05) is 5.69 Å². The summed E-state index contributed by atoms with van der Waals surface area (Å²) >= 11 is 5.78. The molecular weight excluding hydrogens is 477 g/mol. The van der Waals surface area contributed by atoms with Crippen LogP contribution in [0.1, 0.15) is 45.3 Å². The summed E-state index contributed by atoms with van der Waals surface area (Å²) in [6, 6.07) is 16.5. The van der Waals surface area contributed by atoms with Gasteiger partial charge in [-0.3, -0.25) is 5.41 Å². The highest BCUT2D eigenvalue weighted by Crippen LogP contribution is 2.44. The Morgan fingerprint density at radius 3 is 2.23 bits per heavy atom. The normalized spacial score (nSPS) is 23.6. The first-order chi connectivity index (χ1) is 16.7. The largest absolute Gasteiger partial charge is 0.459 e. The summed E-state index contributed by atoms with van der Waals surface area (Å²) in [6.45, 7) is 2.50. The number of rotatable bonds is 7. The first kappa shape index (κ1) is 24.6. The summed E-state index contributed by atoms with van der Waals surface area (Å²) in [7, 11) is 0. The van der Waals surface area contributed by atoms with Gasteiger partial charge >= 0.3 is 11.9 Å². The molecule has 1 aliphatic rings. The van der Waals surface area contributed by atoms with Crippen LogP contribution < -0.4 is 0 Å². The van der Waals surface area contributed by atoms with Crippen LogP contribution in [0.3, 0.4) is 0 Å². The first-order valence-electron chi connectivity index (χ1n) is 10.8. The third-order valence-corrected chi connectivity index (χ3v) is 5.99. The van der Waals surface area contributed by atoms with Gasteiger partial charge in [0.2, 0.25) is 0 Å². The Labute approximate surface area is 206 Å². The summed E-state index contributed by atoms with van der Waals surface area (Å²) in [5.74, 6) is -1.36. The minimum absolute atomic E-state index is 0.169. The molecule has 3 aromatic rings. The van der Waals surface area contributed by atoms with Gasteiger partial charge in [-0.25, -0.2) is 19.0 Å². The molecule has 1 N–H and O–H groups in total. The van der Waals surface area contributed by atoms with E-state index in [4.69, 9.17) is 31.2 Å². The zero-order valence-electron chi connectivity index (χ0n) is 19.0. The average Bonchev–Trinajstić information content (AvgIpc) is 3.35. The number of benzene rings is 2. The third-order valence-electron chi connectivity index (χ3n) is 5.81. The van der Waals surface area contributed by atoms with Crippen molar-refractivity contribution in [2.45, 2.75) is 38.0 Å². The number of alkyl halides is 1. The molecular formula is C25H23ClFN3O5. The van der Waals surface area contributed by atoms with Crippen LogP contribution in [0.15, 0.2) is 67.0 Å². The number of imidazole rings is 1. The van der Waals surface area contributed by atoms with Crippen LogP contribution in [0.2, 0.25) is 0 Å². The minimum Gasteiger partial charge on any atom is -0.459 e. The molecule has 2 aromatic carbocycles. The van der Waals surface area contributed by atoms with Crippen molar-refractivity contribution < 1.29 is 28.2 Å². The van der Waals surface area contributed by atoms with Gasteiger partial charge in [-0.15, -0.1) is 0 Å². The average molecular weight is 500 g/mol. The van der Waals surface area contributed by atoms with E-state index in [0.717, 1.165) is 0 Å². The van der Waals surface area contributed by atoms with Crippen LogP contribution in [-0.4, -0.2) is 51.1 Å². The fourth-order valence-corrected chi connectivity index (χ4v) is 4.16. The SMILES string of the molecule is Cc1c(C(=N)Cl)ncn1[C@@H]1O[C@H](COC(=O)c2ccccc2)[C@@H](OC(=O)c2ccccc2)[C@@]1(C)F. The number of carbonyl (C=O) groups excluding carboxylic acids is 2. The van der Waals surface area contributed by atoms with E-state index < -0.39 is 36.0 Å². The lowest BCUT2D eigenvalue weighted by molar-refractivity contribution is -0.0635. The van der Waals surface area contributed by atoms with Crippen LogP contribution in [-0.2, 0) is 14.2 Å². The Bertz CT molecular complexity index is 1230. The fraction of sp³-hybridized carbons (Fsp3) is 0.280. The summed E-state index contributed by atoms with van der Waals surface area (Å²) in [5, 5.41) is 7.34. The van der Waals surface area contributed by atoms with E-state index in [9.17, 15) is 9.59 Å². The van der Waals surface area contributed by atoms with Gasteiger partial charge in [0.25, 0.3) is 0 Å². The van der Waals surface area contributed by atoms with E-state index in [2.05, 4.69) is 4.98 Å². The quantitative estimate of drug-likeness (QED) is 0.380. The molecule has 4 atom stereocenters. The molecule has 182 valence electrons. The Balaban J connectivity index is 1.61. The second-order valence-electron chi connectivity index (χ2n) is 8.23. The minimum atomic E-state index is -2.24. The highest BCUT2D eigenvalue weighted by atomic mass is 35.5. The van der Waals surface area contributed by atoms with Crippen molar-refractivity contribution in [2.75, 3.05) is 6.61 Å². The molecule has 8 nitrogen and oxygen atoms in total. The van der Waals surface area contributed by atoms with Gasteiger partial charge in [-0.2, -0.15) is 0 Å². The first-order valence-corrected chi connectivity index (χ1v) is 11.2. The molecule has 10 heteroatoms. The lowest BCUT2D eigenvalue weighted by Crippen LogP contribution is -2.44. The van der Waals surface area contributed by atoms with E-state index in [-0.39, 0.29) is 23.0 Å². The Hall–Kier alpha value is -3.56. The lowest BCUT2D eigenvalue weighted by Gasteiger charge is -2.28. The smallest absolute Gasteiger partial charge is 0.338 e.